The molecule has 1 aliphatic rings. The second kappa shape index (κ2) is 7.11. The molecule has 0 fully saturated rings. The van der Waals surface area contributed by atoms with Crippen molar-refractivity contribution in [3.05, 3.63) is 11.6 Å². The van der Waals surface area contributed by atoms with Gasteiger partial charge in [0.25, 0.3) is 0 Å². The van der Waals surface area contributed by atoms with Crippen LogP contribution < -0.4 is 5.32 Å². The van der Waals surface area contributed by atoms with Crippen molar-refractivity contribution in [3.63, 3.8) is 0 Å². The number of alkyl carbamates (subject to hydrolysis) is 1. The van der Waals surface area contributed by atoms with Crippen molar-refractivity contribution in [2.45, 2.75) is 57.0 Å². The Morgan fingerprint density at radius 1 is 1.45 bits per heavy atom. The molecule has 0 saturated carbocycles. The van der Waals surface area contributed by atoms with Gasteiger partial charge in [0, 0.05) is 22.9 Å². The zero-order chi connectivity index (χ0) is 15.3. The summed E-state index contributed by atoms with van der Waals surface area (Å²) >= 11 is 3.51. The third kappa shape index (κ3) is 5.53. The molecule has 1 amide bonds. The van der Waals surface area contributed by atoms with Crippen molar-refractivity contribution < 1.29 is 19.1 Å². The normalized spacial score (nSPS) is 22.8. The number of hydrogen-bond donors (Lipinski definition) is 1. The van der Waals surface area contributed by atoms with Gasteiger partial charge in [0.15, 0.2) is 0 Å². The predicted octanol–water partition coefficient (Wildman–Crippen LogP) is 2.93. The van der Waals surface area contributed by atoms with Gasteiger partial charge >= 0.3 is 12.1 Å². The van der Waals surface area contributed by atoms with E-state index in [0.29, 0.717) is 25.0 Å². The van der Waals surface area contributed by atoms with Crippen molar-refractivity contribution in [3.8, 4) is 0 Å². The zero-order valence-corrected chi connectivity index (χ0v) is 14.0. The molecule has 0 aliphatic heterocycles. The monoisotopic (exact) mass is 347 g/mol. The standard InChI is InChI=1S/C14H22BrNO4/c1-5-19-12(17)9-6-7-10(15)11(8-9)16-13(18)20-14(2,3)4/h6,10-11H,5,7-8H2,1-4H3,(H,16,18). The maximum Gasteiger partial charge on any atom is 0.407 e. The van der Waals surface area contributed by atoms with E-state index in [2.05, 4.69) is 21.2 Å². The van der Waals surface area contributed by atoms with Crippen molar-refractivity contribution in [2.75, 3.05) is 6.61 Å². The molecular formula is C14H22BrNO4. The number of hydrogen-bond acceptors (Lipinski definition) is 4. The molecule has 20 heavy (non-hydrogen) atoms. The molecule has 0 radical (unpaired) electrons. The highest BCUT2D eigenvalue weighted by molar-refractivity contribution is 9.09. The highest BCUT2D eigenvalue weighted by Gasteiger charge is 2.30. The molecule has 0 spiro atoms. The second-order valence-corrected chi connectivity index (χ2v) is 6.83. The fourth-order valence-corrected chi connectivity index (χ4v) is 2.36. The van der Waals surface area contributed by atoms with Crippen molar-refractivity contribution in [2.24, 2.45) is 0 Å². The fraction of sp³-hybridized carbons (Fsp3) is 0.714. The van der Waals surface area contributed by atoms with E-state index in [1.807, 2.05) is 26.8 Å². The Bertz CT molecular complexity index is 400. The smallest absolute Gasteiger partial charge is 0.407 e. The minimum Gasteiger partial charge on any atom is -0.463 e. The van der Waals surface area contributed by atoms with Gasteiger partial charge in [-0.3, -0.25) is 0 Å². The first-order chi connectivity index (χ1) is 9.23. The number of carbonyl (C=O) groups is 2. The summed E-state index contributed by atoms with van der Waals surface area (Å²) in [5.74, 6) is -0.317. The van der Waals surface area contributed by atoms with Gasteiger partial charge < -0.3 is 14.8 Å². The number of amides is 1. The highest BCUT2D eigenvalue weighted by Crippen LogP contribution is 2.25. The highest BCUT2D eigenvalue weighted by atomic mass is 79.9. The molecule has 0 heterocycles. The average Bonchev–Trinajstić information content (AvgIpc) is 2.29. The molecule has 0 aromatic carbocycles. The molecule has 0 saturated heterocycles. The van der Waals surface area contributed by atoms with E-state index in [9.17, 15) is 9.59 Å². The van der Waals surface area contributed by atoms with E-state index >= 15 is 0 Å². The van der Waals surface area contributed by atoms with Crippen LogP contribution in [0.5, 0.6) is 0 Å². The Balaban J connectivity index is 2.60. The average molecular weight is 348 g/mol. The lowest BCUT2D eigenvalue weighted by molar-refractivity contribution is -0.138. The van der Waals surface area contributed by atoms with Crippen molar-refractivity contribution in [1.82, 2.24) is 5.32 Å². The number of ether oxygens (including phenoxy) is 2. The molecule has 2 unspecified atom stereocenters. The van der Waals surface area contributed by atoms with Gasteiger partial charge in [-0.1, -0.05) is 22.0 Å². The lowest BCUT2D eigenvalue weighted by Crippen LogP contribution is -2.45. The van der Waals surface area contributed by atoms with E-state index in [4.69, 9.17) is 9.47 Å². The maximum atomic E-state index is 11.8. The Labute approximate surface area is 128 Å². The van der Waals surface area contributed by atoms with E-state index < -0.39 is 11.7 Å². The van der Waals surface area contributed by atoms with Gasteiger partial charge in [0.2, 0.25) is 0 Å². The van der Waals surface area contributed by atoms with E-state index in [-0.39, 0.29) is 16.8 Å². The zero-order valence-electron chi connectivity index (χ0n) is 12.4. The minimum atomic E-state index is -0.541. The van der Waals surface area contributed by atoms with Crippen LogP contribution in [0.2, 0.25) is 0 Å². The molecule has 1 N–H and O–H groups in total. The van der Waals surface area contributed by atoms with Gasteiger partial charge in [-0.2, -0.15) is 0 Å². The molecule has 0 bridgehead atoms. The number of halogens is 1. The lowest BCUT2D eigenvalue weighted by Gasteiger charge is -2.29. The van der Waals surface area contributed by atoms with Crippen LogP contribution >= 0.6 is 15.9 Å². The number of carbonyl (C=O) groups excluding carboxylic acids is 2. The number of nitrogens with one attached hydrogen (secondary N) is 1. The van der Waals surface area contributed by atoms with E-state index in [1.165, 1.54) is 0 Å². The predicted molar refractivity (Wildman–Crippen MR) is 79.8 cm³/mol. The molecule has 2 atom stereocenters. The van der Waals surface area contributed by atoms with E-state index in [0.717, 1.165) is 0 Å². The summed E-state index contributed by atoms with van der Waals surface area (Å²) in [5, 5.41) is 2.80. The largest absolute Gasteiger partial charge is 0.463 e. The van der Waals surface area contributed by atoms with Crippen molar-refractivity contribution >= 4 is 28.0 Å². The summed E-state index contributed by atoms with van der Waals surface area (Å²) in [6, 6.07) is -0.186. The van der Waals surface area contributed by atoms with E-state index in [1.54, 1.807) is 6.92 Å². The SMILES string of the molecule is CCOC(=O)C1=CCC(Br)C(NC(=O)OC(C)(C)C)C1. The number of esters is 1. The maximum absolute atomic E-state index is 11.8. The van der Waals surface area contributed by atoms with Gasteiger partial charge in [-0.25, -0.2) is 9.59 Å². The first-order valence-corrected chi connectivity index (χ1v) is 7.64. The van der Waals surface area contributed by atoms with Crippen LogP contribution in [0.4, 0.5) is 4.79 Å². The topological polar surface area (TPSA) is 64.6 Å². The van der Waals surface area contributed by atoms with Crippen LogP contribution in [-0.2, 0) is 14.3 Å². The molecule has 114 valence electrons. The summed E-state index contributed by atoms with van der Waals surface area (Å²) in [4.78, 5) is 23.6. The Kier molecular flexibility index (Phi) is 6.05. The fourth-order valence-electron chi connectivity index (χ4n) is 1.86. The second-order valence-electron chi connectivity index (χ2n) is 5.66. The van der Waals surface area contributed by atoms with Crippen LogP contribution in [0.15, 0.2) is 11.6 Å². The Morgan fingerprint density at radius 2 is 2.10 bits per heavy atom. The molecule has 5 nitrogen and oxygen atoms in total. The summed E-state index contributed by atoms with van der Waals surface area (Å²) in [6.07, 6.45) is 2.48. The molecule has 1 aliphatic carbocycles. The van der Waals surface area contributed by atoms with Crippen LogP contribution in [0.25, 0.3) is 0 Å². The number of rotatable bonds is 3. The Hall–Kier alpha value is -1.04. The summed E-state index contributed by atoms with van der Waals surface area (Å²) in [6.45, 7) is 7.54. The van der Waals surface area contributed by atoms with Gasteiger partial charge in [-0.15, -0.1) is 0 Å². The van der Waals surface area contributed by atoms with Crippen LogP contribution in [0, 0.1) is 0 Å². The molecule has 6 heteroatoms. The molecule has 0 aromatic heterocycles. The number of allylic oxidation sites excluding steroid dienone is 1. The minimum absolute atomic E-state index is 0.0770. The number of alkyl halides is 1. The van der Waals surface area contributed by atoms with Gasteiger partial charge in [-0.05, 0) is 34.1 Å². The Morgan fingerprint density at radius 3 is 2.65 bits per heavy atom. The third-order valence-electron chi connectivity index (χ3n) is 2.71. The molecular weight excluding hydrogens is 326 g/mol. The molecule has 1 rings (SSSR count). The van der Waals surface area contributed by atoms with Crippen LogP contribution in [0.3, 0.4) is 0 Å². The first-order valence-electron chi connectivity index (χ1n) is 6.72. The summed E-state index contributed by atoms with van der Waals surface area (Å²) in [7, 11) is 0. The third-order valence-corrected chi connectivity index (χ3v) is 3.72. The van der Waals surface area contributed by atoms with Gasteiger partial charge in [0.05, 0.1) is 6.61 Å². The quantitative estimate of drug-likeness (QED) is 0.629. The van der Waals surface area contributed by atoms with Crippen molar-refractivity contribution in [1.29, 1.82) is 0 Å². The molecule has 0 aromatic rings. The summed E-state index contributed by atoms with van der Waals surface area (Å²) in [5.41, 5.74) is 0.0593. The van der Waals surface area contributed by atoms with Gasteiger partial charge in [0.1, 0.15) is 5.60 Å². The lowest BCUT2D eigenvalue weighted by atomic mass is 9.94. The summed E-state index contributed by atoms with van der Waals surface area (Å²) < 4.78 is 10.2. The van der Waals surface area contributed by atoms with Crippen LogP contribution in [-0.4, -0.2) is 35.1 Å². The van der Waals surface area contributed by atoms with Crippen LogP contribution in [0.1, 0.15) is 40.5 Å². The first kappa shape index (κ1) is 17.0.